The van der Waals surface area contributed by atoms with E-state index in [4.69, 9.17) is 9.83 Å². The van der Waals surface area contributed by atoms with Crippen LogP contribution in [-0.4, -0.2) is 58.8 Å². The van der Waals surface area contributed by atoms with Gasteiger partial charge in [0.15, 0.2) is 5.71 Å². The Balaban J connectivity index is 1.25. The van der Waals surface area contributed by atoms with Crippen molar-refractivity contribution in [1.82, 2.24) is 10.0 Å². The lowest BCUT2D eigenvalue weighted by atomic mass is 9.82. The van der Waals surface area contributed by atoms with Gasteiger partial charge in [-0.05, 0) is 74.9 Å². The number of carbonyl (C=O) groups excluding carboxylic acids is 3. The Morgan fingerprint density at radius 3 is 2.47 bits per heavy atom. The van der Waals surface area contributed by atoms with Crippen molar-refractivity contribution in [3.63, 3.8) is 0 Å². The molecule has 0 N–H and O–H groups in total. The van der Waals surface area contributed by atoms with E-state index in [1.165, 1.54) is 0 Å². The predicted molar refractivity (Wildman–Crippen MR) is 173 cm³/mol. The van der Waals surface area contributed by atoms with Gasteiger partial charge in [-0.2, -0.15) is 0 Å². The van der Waals surface area contributed by atoms with E-state index >= 15 is 0 Å². The van der Waals surface area contributed by atoms with Crippen molar-refractivity contribution < 1.29 is 36.8 Å². The summed E-state index contributed by atoms with van der Waals surface area (Å²) in [4.78, 5) is 52.0. The van der Waals surface area contributed by atoms with Crippen LogP contribution in [0.3, 0.4) is 0 Å². The number of hydrogen-bond donors (Lipinski definition) is 0. The summed E-state index contributed by atoms with van der Waals surface area (Å²) in [6.07, 6.45) is 12.3. The Labute approximate surface area is 275 Å². The van der Waals surface area contributed by atoms with Crippen LogP contribution in [0.5, 0.6) is 0 Å². The molecule has 0 aliphatic carbocycles. The second-order valence-corrected chi connectivity index (χ2v) is 14.6. The van der Waals surface area contributed by atoms with Crippen molar-refractivity contribution in [2.24, 2.45) is 4.99 Å². The number of pyridine rings is 2. The minimum absolute atomic E-state index is 0.0722. The van der Waals surface area contributed by atoms with Crippen molar-refractivity contribution in [3.8, 4) is 0 Å². The van der Waals surface area contributed by atoms with E-state index in [0.29, 0.717) is 24.6 Å². The number of anilines is 1. The molecule has 2 aromatic rings. The standard InChI is InChI=1S/C34H41N5O7S/c1-33(2)25-13-10-21-37(20-7-5-6-16-30(42)46-39-28(40)17-18-29(39)41)32(25)36-26(33)14-8-15-27-34(3,4)24-12-9-19-35-31(24)38(27)22-11-23-47(43,44)45/h8-10,12-15,19,21H,5-7,11,16-18,20,22-23H2,1-4H3. The highest BCUT2D eigenvalue weighted by Crippen LogP contribution is 2.46. The van der Waals surface area contributed by atoms with Crippen LogP contribution in [0.25, 0.3) is 0 Å². The lowest BCUT2D eigenvalue weighted by Crippen LogP contribution is -2.35. The summed E-state index contributed by atoms with van der Waals surface area (Å²) in [5, 5.41) is 0.584. The number of nitrogens with zero attached hydrogens (tertiary/aromatic N) is 5. The van der Waals surface area contributed by atoms with Crippen LogP contribution in [0.15, 0.2) is 65.6 Å². The average molecular weight is 664 g/mol. The largest absolute Gasteiger partial charge is 0.748 e. The van der Waals surface area contributed by atoms with Crippen molar-refractivity contribution in [1.29, 1.82) is 0 Å². The van der Waals surface area contributed by atoms with E-state index < -0.39 is 33.7 Å². The number of aromatic nitrogens is 2. The van der Waals surface area contributed by atoms with Crippen molar-refractivity contribution in [2.75, 3.05) is 17.2 Å². The van der Waals surface area contributed by atoms with Gasteiger partial charge < -0.3 is 14.3 Å². The van der Waals surface area contributed by atoms with Crippen LogP contribution >= 0.6 is 0 Å². The van der Waals surface area contributed by atoms with Crippen molar-refractivity contribution >= 4 is 45.2 Å². The Bertz CT molecular complexity index is 1760. The maximum Gasteiger partial charge on any atom is 0.333 e. The summed E-state index contributed by atoms with van der Waals surface area (Å²) in [5.41, 5.74) is 3.26. The number of carbonyl (C=O) groups is 3. The summed E-state index contributed by atoms with van der Waals surface area (Å²) in [6, 6.07) is 8.00. The molecule has 0 aromatic carbocycles. The first kappa shape index (κ1) is 34.1. The molecule has 1 fully saturated rings. The molecule has 250 valence electrons. The minimum Gasteiger partial charge on any atom is -0.748 e. The molecule has 47 heavy (non-hydrogen) atoms. The molecule has 13 heteroatoms. The normalized spacial score (nSPS) is 19.1. The quantitative estimate of drug-likeness (QED) is 0.134. The van der Waals surface area contributed by atoms with Crippen LogP contribution < -0.4 is 9.47 Å². The number of unbranched alkanes of at least 4 members (excludes halogenated alkanes) is 2. The smallest absolute Gasteiger partial charge is 0.333 e. The van der Waals surface area contributed by atoms with Gasteiger partial charge in [-0.3, -0.25) is 9.59 Å². The topological polar surface area (TPSA) is 153 Å². The third kappa shape index (κ3) is 7.36. The zero-order valence-corrected chi connectivity index (χ0v) is 28.1. The minimum atomic E-state index is -4.32. The van der Waals surface area contributed by atoms with Crippen LogP contribution in [0, 0.1) is 0 Å². The Hall–Kier alpha value is -4.23. The zero-order valence-electron chi connectivity index (χ0n) is 27.3. The fourth-order valence-corrected chi connectivity index (χ4v) is 6.83. The molecule has 2 aromatic heterocycles. The van der Waals surface area contributed by atoms with Gasteiger partial charge in [0.25, 0.3) is 11.8 Å². The van der Waals surface area contributed by atoms with E-state index in [-0.39, 0.29) is 36.5 Å². The Morgan fingerprint density at radius 2 is 1.74 bits per heavy atom. The summed E-state index contributed by atoms with van der Waals surface area (Å²) in [7, 11) is -4.32. The molecule has 3 aliphatic rings. The molecule has 5 rings (SSSR count). The molecule has 5 heterocycles. The molecule has 0 atom stereocenters. The maximum absolute atomic E-state index is 12.1. The van der Waals surface area contributed by atoms with Gasteiger partial charge in [-0.15, -0.1) is 5.06 Å². The molecule has 0 unspecified atom stereocenters. The first-order valence-electron chi connectivity index (χ1n) is 15.9. The van der Waals surface area contributed by atoms with E-state index in [0.717, 1.165) is 47.0 Å². The molecule has 0 radical (unpaired) electrons. The van der Waals surface area contributed by atoms with Gasteiger partial charge >= 0.3 is 11.8 Å². The summed E-state index contributed by atoms with van der Waals surface area (Å²) < 4.78 is 35.9. The molecule has 12 nitrogen and oxygen atoms in total. The number of amides is 2. The maximum atomic E-state index is 12.1. The highest BCUT2D eigenvalue weighted by Gasteiger charge is 2.43. The second kappa shape index (κ2) is 13.5. The highest BCUT2D eigenvalue weighted by atomic mass is 32.2. The molecule has 2 amide bonds. The summed E-state index contributed by atoms with van der Waals surface area (Å²) in [6.45, 7) is 9.53. The van der Waals surface area contributed by atoms with Crippen molar-refractivity contribution in [2.45, 2.75) is 90.0 Å². The van der Waals surface area contributed by atoms with Crippen LogP contribution in [0.4, 0.5) is 11.6 Å². The van der Waals surface area contributed by atoms with E-state index in [1.54, 1.807) is 6.20 Å². The second-order valence-electron chi connectivity index (χ2n) is 13.1. The molecular formula is C34H41N5O7S. The fourth-order valence-electron chi connectivity index (χ4n) is 6.35. The first-order valence-corrected chi connectivity index (χ1v) is 17.5. The zero-order chi connectivity index (χ0) is 34.0. The van der Waals surface area contributed by atoms with Crippen LogP contribution in [-0.2, 0) is 46.7 Å². The molecule has 0 saturated carbocycles. The van der Waals surface area contributed by atoms with E-state index in [2.05, 4.69) is 43.3 Å². The monoisotopic (exact) mass is 663 g/mol. The number of allylic oxidation sites excluding steroid dienone is 4. The predicted octanol–water partition coefficient (Wildman–Crippen LogP) is 4.07. The fraction of sp³-hybridized carbons (Fsp3) is 0.471. The lowest BCUT2D eigenvalue weighted by Gasteiger charge is -2.26. The number of fused-ring (bicyclic) bond motifs is 2. The van der Waals surface area contributed by atoms with E-state index in [9.17, 15) is 27.4 Å². The number of hydroxylamine groups is 2. The van der Waals surface area contributed by atoms with Gasteiger partial charge in [0.05, 0.1) is 33.8 Å². The number of aryl methyl sites for hydroxylation is 1. The lowest BCUT2D eigenvalue weighted by molar-refractivity contribution is -0.684. The molecule has 0 spiro atoms. The Kier molecular flexibility index (Phi) is 9.78. The summed E-state index contributed by atoms with van der Waals surface area (Å²) >= 11 is 0. The molecule has 1 saturated heterocycles. The number of aliphatic imine (C=N–C) groups is 1. The SMILES string of the molecule is CC1(C)C(/C=C/C=C2/N(CCCS(=O)(=O)[O-])c3ncccc3C2(C)C)=Nc2c1ccc[n+]2CCCCCC(=O)ON1C(=O)CCC1=O. The highest BCUT2D eigenvalue weighted by molar-refractivity contribution is 7.85. The molecule has 3 aliphatic heterocycles. The van der Waals surface area contributed by atoms with Crippen LogP contribution in [0.1, 0.15) is 83.8 Å². The average Bonchev–Trinajstić information content (AvgIpc) is 3.54. The van der Waals surface area contributed by atoms with Crippen LogP contribution in [0.2, 0.25) is 0 Å². The van der Waals surface area contributed by atoms with Gasteiger partial charge in [0, 0.05) is 54.4 Å². The molecular weight excluding hydrogens is 622 g/mol. The number of rotatable bonds is 13. The Morgan fingerprint density at radius 1 is 1.02 bits per heavy atom. The molecule has 0 bridgehead atoms. The van der Waals surface area contributed by atoms with E-state index in [1.807, 2.05) is 47.5 Å². The summed E-state index contributed by atoms with van der Waals surface area (Å²) in [5.74, 6) is -0.334. The van der Waals surface area contributed by atoms with Gasteiger partial charge in [0.2, 0.25) is 0 Å². The van der Waals surface area contributed by atoms with Gasteiger partial charge in [0.1, 0.15) is 5.82 Å². The first-order chi connectivity index (χ1) is 22.2. The van der Waals surface area contributed by atoms with Gasteiger partial charge in [-0.1, -0.05) is 26.0 Å². The van der Waals surface area contributed by atoms with Gasteiger partial charge in [-0.25, -0.2) is 22.8 Å². The third-order valence-electron chi connectivity index (χ3n) is 8.99. The number of imide groups is 1. The van der Waals surface area contributed by atoms with Crippen molar-refractivity contribution in [3.05, 3.63) is 71.7 Å². The number of hydrogen-bond acceptors (Lipinski definition) is 10. The third-order valence-corrected chi connectivity index (χ3v) is 9.78.